The lowest BCUT2D eigenvalue weighted by Gasteiger charge is -2.07. The number of thiocarbonyl (C=S) groups is 1. The minimum absolute atomic E-state index is 0.0466. The maximum atomic E-state index is 11.2. The monoisotopic (exact) mass is 381 g/mol. The molecule has 4 nitrogen and oxygen atoms in total. The number of nitrogens with zero attached hydrogens (tertiary/aromatic N) is 3. The SMILES string of the molecule is Oc1c(C(=S)c2ccccc2)c2nc3ccccc3nc2n1-c1ccccc1. The quantitative estimate of drug-likeness (QED) is 0.351. The topological polar surface area (TPSA) is 50.9 Å². The molecule has 0 amide bonds. The second-order valence-corrected chi connectivity index (χ2v) is 6.86. The largest absolute Gasteiger partial charge is 0.494 e. The van der Waals surface area contributed by atoms with Gasteiger partial charge in [0.2, 0.25) is 5.88 Å². The Labute approximate surface area is 166 Å². The number of rotatable bonds is 3. The van der Waals surface area contributed by atoms with Crippen molar-refractivity contribution in [2.45, 2.75) is 0 Å². The zero-order valence-electron chi connectivity index (χ0n) is 14.8. The van der Waals surface area contributed by atoms with E-state index in [0.29, 0.717) is 21.6 Å². The molecule has 2 aromatic heterocycles. The average Bonchev–Trinajstić information content (AvgIpc) is 3.03. The van der Waals surface area contributed by atoms with E-state index in [4.69, 9.17) is 22.2 Å². The van der Waals surface area contributed by atoms with Gasteiger partial charge in [-0.3, -0.25) is 4.57 Å². The molecule has 1 N–H and O–H groups in total. The molecular formula is C23H15N3OS. The molecule has 5 heteroatoms. The van der Waals surface area contributed by atoms with Crippen LogP contribution in [-0.2, 0) is 0 Å². The Kier molecular flexibility index (Phi) is 3.88. The Morgan fingerprint density at radius 1 is 0.750 bits per heavy atom. The van der Waals surface area contributed by atoms with Crippen LogP contribution in [0.3, 0.4) is 0 Å². The van der Waals surface area contributed by atoms with Gasteiger partial charge in [-0.15, -0.1) is 0 Å². The van der Waals surface area contributed by atoms with E-state index in [-0.39, 0.29) is 5.88 Å². The molecule has 0 aliphatic rings. The summed E-state index contributed by atoms with van der Waals surface area (Å²) in [6, 6.07) is 26.9. The number of aromatic hydroxyl groups is 1. The Morgan fingerprint density at radius 3 is 2.00 bits per heavy atom. The van der Waals surface area contributed by atoms with Crippen molar-refractivity contribution < 1.29 is 5.11 Å². The van der Waals surface area contributed by atoms with Crippen molar-refractivity contribution in [2.75, 3.05) is 0 Å². The van der Waals surface area contributed by atoms with Gasteiger partial charge >= 0.3 is 0 Å². The molecule has 0 unspecified atom stereocenters. The van der Waals surface area contributed by atoms with E-state index in [0.717, 1.165) is 22.3 Å². The van der Waals surface area contributed by atoms with E-state index in [9.17, 15) is 5.11 Å². The lowest BCUT2D eigenvalue weighted by Crippen LogP contribution is -2.00. The summed E-state index contributed by atoms with van der Waals surface area (Å²) in [5.41, 5.74) is 4.88. The highest BCUT2D eigenvalue weighted by atomic mass is 32.1. The lowest BCUT2D eigenvalue weighted by molar-refractivity contribution is 0.444. The van der Waals surface area contributed by atoms with E-state index in [1.165, 1.54) is 0 Å². The maximum absolute atomic E-state index is 11.2. The summed E-state index contributed by atoms with van der Waals surface area (Å²) in [5.74, 6) is 0.0466. The molecular weight excluding hydrogens is 366 g/mol. The van der Waals surface area contributed by atoms with E-state index < -0.39 is 0 Å². The number of para-hydroxylation sites is 3. The predicted molar refractivity (Wildman–Crippen MR) is 115 cm³/mol. The van der Waals surface area contributed by atoms with Crippen LogP contribution in [0.4, 0.5) is 0 Å². The summed E-state index contributed by atoms with van der Waals surface area (Å²) in [4.78, 5) is 10.1. The summed E-state index contributed by atoms with van der Waals surface area (Å²) in [5, 5.41) is 11.2. The van der Waals surface area contributed by atoms with Crippen LogP contribution in [0.15, 0.2) is 84.9 Å². The van der Waals surface area contributed by atoms with Crippen LogP contribution in [0, 0.1) is 0 Å². The van der Waals surface area contributed by atoms with Crippen molar-refractivity contribution >= 4 is 39.3 Å². The molecule has 28 heavy (non-hydrogen) atoms. The summed E-state index contributed by atoms with van der Waals surface area (Å²) in [7, 11) is 0. The van der Waals surface area contributed by atoms with Crippen molar-refractivity contribution in [1.82, 2.24) is 14.5 Å². The van der Waals surface area contributed by atoms with Gasteiger partial charge in [0.25, 0.3) is 0 Å². The van der Waals surface area contributed by atoms with Gasteiger partial charge in [0.05, 0.1) is 27.1 Å². The van der Waals surface area contributed by atoms with Crippen LogP contribution in [0.1, 0.15) is 11.1 Å². The molecule has 0 spiro atoms. The third-order valence-electron chi connectivity index (χ3n) is 4.71. The number of benzene rings is 3. The van der Waals surface area contributed by atoms with Crippen molar-refractivity contribution in [3.63, 3.8) is 0 Å². The predicted octanol–water partition coefficient (Wildman–Crippen LogP) is 5.05. The molecule has 0 aliphatic carbocycles. The van der Waals surface area contributed by atoms with Crippen molar-refractivity contribution in [1.29, 1.82) is 0 Å². The number of hydrogen-bond acceptors (Lipinski definition) is 4. The highest BCUT2D eigenvalue weighted by Crippen LogP contribution is 2.35. The van der Waals surface area contributed by atoms with Crippen LogP contribution >= 0.6 is 12.2 Å². The van der Waals surface area contributed by atoms with Crippen molar-refractivity contribution in [3.8, 4) is 11.6 Å². The first-order chi connectivity index (χ1) is 13.7. The van der Waals surface area contributed by atoms with E-state index in [2.05, 4.69) is 0 Å². The van der Waals surface area contributed by atoms with Crippen LogP contribution in [0.25, 0.3) is 27.9 Å². The van der Waals surface area contributed by atoms with Crippen LogP contribution < -0.4 is 0 Å². The summed E-state index contributed by atoms with van der Waals surface area (Å²) < 4.78 is 1.71. The van der Waals surface area contributed by atoms with E-state index in [1.54, 1.807) is 4.57 Å². The van der Waals surface area contributed by atoms with Crippen LogP contribution in [0.5, 0.6) is 5.88 Å². The Balaban J connectivity index is 1.88. The fraction of sp³-hybridized carbons (Fsp3) is 0. The summed E-state index contributed by atoms with van der Waals surface area (Å²) in [6.07, 6.45) is 0. The van der Waals surface area contributed by atoms with Crippen molar-refractivity contribution in [3.05, 3.63) is 96.1 Å². The third kappa shape index (κ3) is 2.56. The first kappa shape index (κ1) is 16.6. The van der Waals surface area contributed by atoms with Gasteiger partial charge in [0.15, 0.2) is 5.65 Å². The fourth-order valence-corrected chi connectivity index (χ4v) is 3.72. The lowest BCUT2D eigenvalue weighted by atomic mass is 10.1. The second kappa shape index (κ2) is 6.55. The van der Waals surface area contributed by atoms with Crippen molar-refractivity contribution in [2.24, 2.45) is 0 Å². The Bertz CT molecular complexity index is 1330. The highest BCUT2D eigenvalue weighted by Gasteiger charge is 2.24. The molecule has 5 aromatic rings. The van der Waals surface area contributed by atoms with Gasteiger partial charge in [-0.1, -0.05) is 72.9 Å². The normalized spacial score (nSPS) is 11.1. The second-order valence-electron chi connectivity index (χ2n) is 6.45. The molecule has 0 atom stereocenters. The standard InChI is InChI=1S/C23H15N3OS/c27-23-19(21(28)15-9-3-1-4-10-15)20-22(26(23)16-11-5-2-6-12-16)25-18-14-8-7-13-17(18)24-20/h1-14,27H. The smallest absolute Gasteiger partial charge is 0.208 e. The summed E-state index contributed by atoms with van der Waals surface area (Å²) in [6.45, 7) is 0. The molecule has 0 fully saturated rings. The third-order valence-corrected chi connectivity index (χ3v) is 5.15. The molecule has 0 radical (unpaired) electrons. The Morgan fingerprint density at radius 2 is 1.32 bits per heavy atom. The molecule has 3 aromatic carbocycles. The molecule has 5 rings (SSSR count). The number of hydrogen-bond donors (Lipinski definition) is 1. The molecule has 134 valence electrons. The van der Waals surface area contributed by atoms with Crippen LogP contribution in [-0.4, -0.2) is 24.5 Å². The highest BCUT2D eigenvalue weighted by molar-refractivity contribution is 7.81. The summed E-state index contributed by atoms with van der Waals surface area (Å²) >= 11 is 5.75. The minimum atomic E-state index is 0.0466. The Hall–Kier alpha value is -3.57. The molecule has 0 saturated heterocycles. The molecule has 0 aliphatic heterocycles. The fourth-order valence-electron chi connectivity index (χ4n) is 3.40. The number of fused-ring (bicyclic) bond motifs is 2. The first-order valence-corrected chi connectivity index (χ1v) is 9.30. The molecule has 0 bridgehead atoms. The maximum Gasteiger partial charge on any atom is 0.208 e. The van der Waals surface area contributed by atoms with Gasteiger partial charge in [-0.25, -0.2) is 9.97 Å². The number of aromatic nitrogens is 3. The van der Waals surface area contributed by atoms with Gasteiger partial charge in [0, 0.05) is 0 Å². The molecule has 2 heterocycles. The van der Waals surface area contributed by atoms with Gasteiger partial charge in [-0.05, 0) is 29.8 Å². The zero-order chi connectivity index (χ0) is 19.1. The molecule has 0 saturated carbocycles. The minimum Gasteiger partial charge on any atom is -0.494 e. The van der Waals surface area contributed by atoms with E-state index >= 15 is 0 Å². The average molecular weight is 381 g/mol. The van der Waals surface area contributed by atoms with E-state index in [1.807, 2.05) is 84.9 Å². The van der Waals surface area contributed by atoms with Gasteiger partial charge in [-0.2, -0.15) is 0 Å². The van der Waals surface area contributed by atoms with Crippen LogP contribution in [0.2, 0.25) is 0 Å². The van der Waals surface area contributed by atoms with Gasteiger partial charge in [0.1, 0.15) is 5.52 Å². The zero-order valence-corrected chi connectivity index (χ0v) is 15.6. The van der Waals surface area contributed by atoms with Gasteiger partial charge < -0.3 is 5.11 Å². The first-order valence-electron chi connectivity index (χ1n) is 8.89.